The van der Waals surface area contributed by atoms with E-state index in [4.69, 9.17) is 10.4 Å². The van der Waals surface area contributed by atoms with Gasteiger partial charge in [0.2, 0.25) is 10.0 Å². The first-order chi connectivity index (χ1) is 7.60. The molecule has 7 heteroatoms. The summed E-state index contributed by atoms with van der Waals surface area (Å²) in [5, 5.41) is 17.0. The maximum Gasteiger partial charge on any atom is 0.242 e. The Bertz CT molecular complexity index is 476. The Morgan fingerprint density at radius 2 is 2.25 bits per heavy atom. The third-order valence-corrected chi connectivity index (χ3v) is 3.23. The molecule has 0 bridgehead atoms. The molecule has 1 rings (SSSR count). The van der Waals surface area contributed by atoms with E-state index in [1.165, 1.54) is 12.1 Å². The lowest BCUT2D eigenvalue weighted by molar-refractivity contribution is 0.289. The van der Waals surface area contributed by atoms with E-state index in [2.05, 4.69) is 9.71 Å². The van der Waals surface area contributed by atoms with Gasteiger partial charge in [-0.25, -0.2) is 18.1 Å². The highest BCUT2D eigenvalue weighted by atomic mass is 32.2. The fraction of sp³-hybridized carbons (Fsp3) is 0.333. The number of aliphatic hydroxyl groups excluding tert-OH is 1. The second kappa shape index (κ2) is 5.55. The van der Waals surface area contributed by atoms with E-state index >= 15 is 0 Å². The van der Waals surface area contributed by atoms with Gasteiger partial charge in [0, 0.05) is 19.3 Å². The molecule has 0 fully saturated rings. The van der Waals surface area contributed by atoms with Crippen LogP contribution in [0.25, 0.3) is 0 Å². The summed E-state index contributed by atoms with van der Waals surface area (Å²) < 4.78 is 25.5. The molecule has 0 aliphatic carbocycles. The van der Waals surface area contributed by atoms with Crippen LogP contribution in [0.4, 0.5) is 0 Å². The molecule has 0 saturated heterocycles. The fourth-order valence-electron chi connectivity index (χ4n) is 0.974. The number of aromatic nitrogens is 1. The quantitative estimate of drug-likeness (QED) is 0.683. The molecule has 0 aromatic carbocycles. The molecule has 0 aliphatic heterocycles. The van der Waals surface area contributed by atoms with Gasteiger partial charge in [0.05, 0.1) is 0 Å². The van der Waals surface area contributed by atoms with E-state index < -0.39 is 10.0 Å². The van der Waals surface area contributed by atoms with Crippen molar-refractivity contribution >= 4 is 10.0 Å². The number of pyridine rings is 1. The maximum absolute atomic E-state index is 11.6. The van der Waals surface area contributed by atoms with Crippen LogP contribution in [-0.2, 0) is 10.0 Å². The molecule has 16 heavy (non-hydrogen) atoms. The van der Waals surface area contributed by atoms with Crippen molar-refractivity contribution in [2.24, 2.45) is 0 Å². The number of aliphatic hydroxyl groups is 1. The minimum Gasteiger partial charge on any atom is -0.396 e. The number of nitrogens with one attached hydrogen (secondary N) is 1. The molecule has 1 heterocycles. The summed E-state index contributed by atoms with van der Waals surface area (Å²) in [4.78, 5) is 3.67. The Labute approximate surface area is 93.6 Å². The summed E-state index contributed by atoms with van der Waals surface area (Å²) in [5.74, 6) is 0. The molecular formula is C9H11N3O3S. The van der Waals surface area contributed by atoms with Crippen LogP contribution in [0.3, 0.4) is 0 Å². The molecule has 0 unspecified atom stereocenters. The predicted molar refractivity (Wildman–Crippen MR) is 55.8 cm³/mol. The summed E-state index contributed by atoms with van der Waals surface area (Å²) >= 11 is 0. The van der Waals surface area contributed by atoms with Gasteiger partial charge >= 0.3 is 0 Å². The molecule has 0 amide bonds. The molecule has 0 atom stereocenters. The number of sulfonamides is 1. The Balaban J connectivity index is 2.79. The van der Waals surface area contributed by atoms with Crippen molar-refractivity contribution in [2.75, 3.05) is 13.2 Å². The third-order valence-electron chi connectivity index (χ3n) is 1.79. The average molecular weight is 241 g/mol. The van der Waals surface area contributed by atoms with Gasteiger partial charge in [-0.2, -0.15) is 5.26 Å². The fourth-order valence-corrected chi connectivity index (χ4v) is 1.99. The van der Waals surface area contributed by atoms with E-state index in [-0.39, 0.29) is 23.7 Å². The molecular weight excluding hydrogens is 230 g/mol. The minimum atomic E-state index is -3.59. The first kappa shape index (κ1) is 12.6. The van der Waals surface area contributed by atoms with Gasteiger partial charge in [-0.15, -0.1) is 0 Å². The largest absolute Gasteiger partial charge is 0.396 e. The summed E-state index contributed by atoms with van der Waals surface area (Å²) in [6.45, 7) is 0.0903. The van der Waals surface area contributed by atoms with Crippen molar-refractivity contribution in [3.8, 4) is 6.07 Å². The molecule has 0 aliphatic rings. The van der Waals surface area contributed by atoms with Crippen LogP contribution in [-0.4, -0.2) is 31.7 Å². The molecule has 2 N–H and O–H groups in total. The molecule has 86 valence electrons. The highest BCUT2D eigenvalue weighted by Gasteiger charge is 2.13. The van der Waals surface area contributed by atoms with E-state index in [1.54, 1.807) is 6.07 Å². The van der Waals surface area contributed by atoms with Gasteiger partial charge in [-0.3, -0.25) is 0 Å². The van der Waals surface area contributed by atoms with Gasteiger partial charge < -0.3 is 5.11 Å². The van der Waals surface area contributed by atoms with E-state index in [1.807, 2.05) is 0 Å². The van der Waals surface area contributed by atoms with Crippen molar-refractivity contribution in [3.63, 3.8) is 0 Å². The predicted octanol–water partition coefficient (Wildman–Crippen LogP) is -0.386. The smallest absolute Gasteiger partial charge is 0.242 e. The molecule has 0 radical (unpaired) electrons. The summed E-state index contributed by atoms with van der Waals surface area (Å²) in [6.07, 6.45) is 1.47. The topological polar surface area (TPSA) is 103 Å². The summed E-state index contributed by atoms with van der Waals surface area (Å²) in [7, 11) is -3.59. The van der Waals surface area contributed by atoms with E-state index in [9.17, 15) is 8.42 Å². The Hall–Kier alpha value is -1.49. The number of nitrogens with zero attached hydrogens (tertiary/aromatic N) is 2. The summed E-state index contributed by atoms with van der Waals surface area (Å²) in [5.41, 5.74) is 0.161. The van der Waals surface area contributed by atoms with Crippen molar-refractivity contribution in [1.29, 1.82) is 5.26 Å². The molecule has 0 spiro atoms. The molecule has 0 saturated carbocycles. The zero-order chi connectivity index (χ0) is 12.0. The van der Waals surface area contributed by atoms with Crippen molar-refractivity contribution in [2.45, 2.75) is 11.3 Å². The lowest BCUT2D eigenvalue weighted by atomic mass is 10.4. The van der Waals surface area contributed by atoms with Gasteiger partial charge in [-0.05, 0) is 18.6 Å². The normalized spacial score (nSPS) is 11.0. The van der Waals surface area contributed by atoms with Crippen LogP contribution < -0.4 is 4.72 Å². The van der Waals surface area contributed by atoms with Crippen LogP contribution in [0.2, 0.25) is 0 Å². The van der Waals surface area contributed by atoms with Crippen LogP contribution >= 0.6 is 0 Å². The summed E-state index contributed by atoms with van der Waals surface area (Å²) in [6, 6.07) is 4.44. The average Bonchev–Trinajstić information content (AvgIpc) is 2.29. The van der Waals surface area contributed by atoms with Gasteiger partial charge in [0.1, 0.15) is 16.7 Å². The van der Waals surface area contributed by atoms with Gasteiger partial charge in [-0.1, -0.05) is 0 Å². The monoisotopic (exact) mass is 241 g/mol. The van der Waals surface area contributed by atoms with E-state index in [0.717, 1.165) is 6.20 Å². The van der Waals surface area contributed by atoms with Crippen molar-refractivity contribution in [1.82, 2.24) is 9.71 Å². The van der Waals surface area contributed by atoms with Crippen LogP contribution in [0.5, 0.6) is 0 Å². The van der Waals surface area contributed by atoms with Gasteiger partial charge in [0.15, 0.2) is 0 Å². The highest BCUT2D eigenvalue weighted by molar-refractivity contribution is 7.89. The highest BCUT2D eigenvalue weighted by Crippen LogP contribution is 2.06. The number of hydrogen-bond acceptors (Lipinski definition) is 5. The first-order valence-corrected chi connectivity index (χ1v) is 6.05. The number of rotatable bonds is 5. The number of hydrogen-bond donors (Lipinski definition) is 2. The van der Waals surface area contributed by atoms with Gasteiger partial charge in [0.25, 0.3) is 0 Å². The van der Waals surface area contributed by atoms with Crippen LogP contribution in [0, 0.1) is 11.3 Å². The lowest BCUT2D eigenvalue weighted by Crippen LogP contribution is -2.25. The van der Waals surface area contributed by atoms with Crippen molar-refractivity contribution in [3.05, 3.63) is 24.0 Å². The molecule has 1 aromatic rings. The maximum atomic E-state index is 11.6. The SMILES string of the molecule is N#Cc1ccc(S(=O)(=O)NCCCO)cn1. The zero-order valence-electron chi connectivity index (χ0n) is 8.42. The second-order valence-corrected chi connectivity index (χ2v) is 4.73. The van der Waals surface area contributed by atoms with E-state index in [0.29, 0.717) is 6.42 Å². The Morgan fingerprint density at radius 1 is 1.50 bits per heavy atom. The zero-order valence-corrected chi connectivity index (χ0v) is 9.24. The Morgan fingerprint density at radius 3 is 2.75 bits per heavy atom. The van der Waals surface area contributed by atoms with Crippen LogP contribution in [0.15, 0.2) is 23.2 Å². The second-order valence-electron chi connectivity index (χ2n) is 2.97. The lowest BCUT2D eigenvalue weighted by Gasteiger charge is -2.04. The minimum absolute atomic E-state index is 0.00411. The number of nitriles is 1. The molecule has 1 aromatic heterocycles. The standard InChI is InChI=1S/C9H11N3O3S/c10-6-8-2-3-9(7-11-8)16(14,15)12-4-1-5-13/h2-3,7,12-13H,1,4-5H2. The molecule has 6 nitrogen and oxygen atoms in total. The first-order valence-electron chi connectivity index (χ1n) is 4.57. The van der Waals surface area contributed by atoms with Crippen LogP contribution in [0.1, 0.15) is 12.1 Å². The third kappa shape index (κ3) is 3.27. The van der Waals surface area contributed by atoms with Crippen molar-refractivity contribution < 1.29 is 13.5 Å². The Kier molecular flexibility index (Phi) is 4.37.